The molecule has 4 heterocycles. The Morgan fingerprint density at radius 3 is 2.89 bits per heavy atom. The van der Waals surface area contributed by atoms with Crippen molar-refractivity contribution in [2.45, 2.75) is 25.8 Å². The van der Waals surface area contributed by atoms with Crippen LogP contribution in [-0.2, 0) is 4.79 Å². The Morgan fingerprint density at radius 1 is 1.25 bits per heavy atom. The first-order valence-corrected chi connectivity index (χ1v) is 9.81. The van der Waals surface area contributed by atoms with Gasteiger partial charge in [-0.3, -0.25) is 9.69 Å². The quantitative estimate of drug-likeness (QED) is 0.688. The molecule has 0 saturated carbocycles. The maximum atomic E-state index is 13.1. The molecule has 0 N–H and O–H groups in total. The summed E-state index contributed by atoms with van der Waals surface area (Å²) in [6.45, 7) is 4.54. The number of hydrogen-bond donors (Lipinski definition) is 0. The van der Waals surface area contributed by atoms with Gasteiger partial charge in [-0.1, -0.05) is 25.1 Å². The zero-order chi connectivity index (χ0) is 19.1. The molecule has 1 aromatic carbocycles. The highest BCUT2D eigenvalue weighted by Crippen LogP contribution is 2.34. The van der Waals surface area contributed by atoms with Crippen LogP contribution in [0.2, 0.25) is 0 Å². The highest BCUT2D eigenvalue weighted by molar-refractivity contribution is 6.03. The number of para-hydroxylation sites is 1. The summed E-state index contributed by atoms with van der Waals surface area (Å²) in [4.78, 5) is 15.3. The lowest BCUT2D eigenvalue weighted by Gasteiger charge is -2.23. The minimum Gasteiger partial charge on any atom is -0.467 e. The van der Waals surface area contributed by atoms with E-state index in [1.807, 2.05) is 42.5 Å². The van der Waals surface area contributed by atoms with E-state index in [1.54, 1.807) is 11.3 Å². The van der Waals surface area contributed by atoms with Gasteiger partial charge in [0.15, 0.2) is 5.76 Å². The van der Waals surface area contributed by atoms with Crippen molar-refractivity contribution in [3.8, 4) is 0 Å². The third kappa shape index (κ3) is 3.14. The molecule has 1 fully saturated rings. The van der Waals surface area contributed by atoms with E-state index >= 15 is 0 Å². The van der Waals surface area contributed by atoms with Gasteiger partial charge in [-0.25, -0.2) is 5.01 Å². The van der Waals surface area contributed by atoms with Gasteiger partial charge in [-0.05, 0) is 43.1 Å². The standard InChI is InChI=1S/C22H23N3O3/c1-15-8-9-24(13-15)14-22(26)25-18(20-7-4-10-27-20)12-17(23-25)21-11-16-5-2-3-6-19(16)28-21/h2-7,10-11,15,18H,8-9,12-14H2,1H3. The SMILES string of the molecule is CC1CCN(CC(=O)N2N=C(c3cc4ccccc4o3)CC2c2ccco2)C1. The van der Waals surface area contributed by atoms with Crippen LogP contribution in [0.5, 0.6) is 0 Å². The van der Waals surface area contributed by atoms with Gasteiger partial charge in [0.05, 0.1) is 12.8 Å². The number of likely N-dealkylation sites (tertiary alicyclic amines) is 1. The van der Waals surface area contributed by atoms with Gasteiger partial charge in [0, 0.05) is 18.4 Å². The summed E-state index contributed by atoms with van der Waals surface area (Å²) in [5.41, 5.74) is 1.60. The Kier molecular flexibility index (Phi) is 4.28. The number of carbonyl (C=O) groups is 1. The largest absolute Gasteiger partial charge is 0.467 e. The van der Waals surface area contributed by atoms with Crippen LogP contribution in [0.3, 0.4) is 0 Å². The average molecular weight is 377 g/mol. The number of nitrogens with zero attached hydrogens (tertiary/aromatic N) is 3. The number of amides is 1. The van der Waals surface area contributed by atoms with Gasteiger partial charge in [0.2, 0.25) is 0 Å². The Morgan fingerprint density at radius 2 is 2.14 bits per heavy atom. The van der Waals surface area contributed by atoms with E-state index in [1.165, 1.54) is 0 Å². The van der Waals surface area contributed by atoms with Crippen molar-refractivity contribution in [3.63, 3.8) is 0 Å². The lowest BCUT2D eigenvalue weighted by Crippen LogP contribution is -2.37. The number of fused-ring (bicyclic) bond motifs is 1. The Balaban J connectivity index is 1.43. The summed E-state index contributed by atoms with van der Waals surface area (Å²) >= 11 is 0. The van der Waals surface area contributed by atoms with Gasteiger partial charge >= 0.3 is 0 Å². The van der Waals surface area contributed by atoms with Crippen LogP contribution in [0, 0.1) is 5.92 Å². The lowest BCUT2D eigenvalue weighted by atomic mass is 10.1. The average Bonchev–Trinajstić information content (AvgIpc) is 3.46. The minimum atomic E-state index is -0.231. The number of rotatable bonds is 4. The zero-order valence-electron chi connectivity index (χ0n) is 15.9. The Labute approximate surface area is 163 Å². The summed E-state index contributed by atoms with van der Waals surface area (Å²) in [5.74, 6) is 2.10. The molecule has 2 atom stereocenters. The van der Waals surface area contributed by atoms with Gasteiger partial charge in [-0.15, -0.1) is 0 Å². The maximum Gasteiger partial charge on any atom is 0.257 e. The van der Waals surface area contributed by atoms with Crippen molar-refractivity contribution < 1.29 is 13.6 Å². The summed E-state index contributed by atoms with van der Waals surface area (Å²) in [7, 11) is 0. The summed E-state index contributed by atoms with van der Waals surface area (Å²) in [5, 5.41) is 7.29. The monoisotopic (exact) mass is 377 g/mol. The Hall–Kier alpha value is -2.86. The van der Waals surface area contributed by atoms with E-state index in [-0.39, 0.29) is 11.9 Å². The van der Waals surface area contributed by atoms with Crippen molar-refractivity contribution in [1.29, 1.82) is 0 Å². The lowest BCUT2D eigenvalue weighted by molar-refractivity contribution is -0.134. The van der Waals surface area contributed by atoms with E-state index in [0.717, 1.165) is 42.0 Å². The van der Waals surface area contributed by atoms with Crippen molar-refractivity contribution in [2.75, 3.05) is 19.6 Å². The summed E-state index contributed by atoms with van der Waals surface area (Å²) in [6.07, 6.45) is 3.36. The molecule has 2 aliphatic heterocycles. The van der Waals surface area contributed by atoms with Crippen LogP contribution in [0.1, 0.15) is 37.3 Å². The molecule has 2 aliphatic rings. The first-order valence-electron chi connectivity index (χ1n) is 9.81. The van der Waals surface area contributed by atoms with Crippen molar-refractivity contribution in [1.82, 2.24) is 9.91 Å². The predicted octanol–water partition coefficient (Wildman–Crippen LogP) is 4.05. The van der Waals surface area contributed by atoms with Crippen molar-refractivity contribution >= 4 is 22.6 Å². The van der Waals surface area contributed by atoms with Crippen LogP contribution < -0.4 is 0 Å². The molecule has 5 rings (SSSR count). The second-order valence-corrected chi connectivity index (χ2v) is 7.80. The number of hydrogen-bond acceptors (Lipinski definition) is 5. The summed E-state index contributed by atoms with van der Waals surface area (Å²) < 4.78 is 11.6. The fraction of sp³-hybridized carbons (Fsp3) is 0.364. The fourth-order valence-corrected chi connectivity index (χ4v) is 4.15. The van der Waals surface area contributed by atoms with Crippen LogP contribution in [-0.4, -0.2) is 41.2 Å². The smallest absolute Gasteiger partial charge is 0.257 e. The third-order valence-electron chi connectivity index (χ3n) is 5.61. The zero-order valence-corrected chi connectivity index (χ0v) is 15.9. The molecule has 2 unspecified atom stereocenters. The maximum absolute atomic E-state index is 13.1. The normalized spacial score (nSPS) is 22.9. The summed E-state index contributed by atoms with van der Waals surface area (Å²) in [6, 6.07) is 13.4. The molecule has 0 radical (unpaired) electrons. The minimum absolute atomic E-state index is 0.00149. The van der Waals surface area contributed by atoms with E-state index in [4.69, 9.17) is 8.83 Å². The molecule has 6 nitrogen and oxygen atoms in total. The first-order chi connectivity index (χ1) is 13.7. The number of furan rings is 2. The highest BCUT2D eigenvalue weighted by atomic mass is 16.3. The van der Waals surface area contributed by atoms with Gasteiger partial charge < -0.3 is 8.83 Å². The predicted molar refractivity (Wildman–Crippen MR) is 106 cm³/mol. The van der Waals surface area contributed by atoms with E-state index in [0.29, 0.717) is 24.6 Å². The van der Waals surface area contributed by atoms with Crippen molar-refractivity contribution in [2.24, 2.45) is 11.0 Å². The number of hydrazone groups is 1. The molecule has 2 aromatic heterocycles. The molecule has 0 spiro atoms. The van der Waals surface area contributed by atoms with E-state index in [2.05, 4.69) is 16.9 Å². The first kappa shape index (κ1) is 17.3. The molecule has 28 heavy (non-hydrogen) atoms. The molecule has 6 heteroatoms. The second-order valence-electron chi connectivity index (χ2n) is 7.80. The topological polar surface area (TPSA) is 62.2 Å². The van der Waals surface area contributed by atoms with Crippen LogP contribution in [0.15, 0.2) is 62.7 Å². The highest BCUT2D eigenvalue weighted by Gasteiger charge is 2.37. The molecule has 144 valence electrons. The molecule has 1 saturated heterocycles. The van der Waals surface area contributed by atoms with Gasteiger partial charge in [-0.2, -0.15) is 5.10 Å². The molecule has 1 amide bonds. The second kappa shape index (κ2) is 6.95. The number of benzene rings is 1. The van der Waals surface area contributed by atoms with Crippen molar-refractivity contribution in [3.05, 3.63) is 60.2 Å². The van der Waals surface area contributed by atoms with Gasteiger partial charge in [0.25, 0.3) is 5.91 Å². The number of carbonyl (C=O) groups excluding carboxylic acids is 1. The van der Waals surface area contributed by atoms with Gasteiger partial charge in [0.1, 0.15) is 23.1 Å². The van der Waals surface area contributed by atoms with E-state index < -0.39 is 0 Å². The molecule has 3 aromatic rings. The molecular weight excluding hydrogens is 354 g/mol. The van der Waals surface area contributed by atoms with E-state index in [9.17, 15) is 4.79 Å². The van der Waals surface area contributed by atoms with Crippen LogP contribution in [0.25, 0.3) is 11.0 Å². The van der Waals surface area contributed by atoms with Crippen LogP contribution in [0.4, 0.5) is 0 Å². The Bertz CT molecular complexity index is 988. The fourth-order valence-electron chi connectivity index (χ4n) is 4.15. The third-order valence-corrected chi connectivity index (χ3v) is 5.61. The molecular formula is C22H23N3O3. The molecule has 0 aliphatic carbocycles. The molecule has 0 bridgehead atoms. The van der Waals surface area contributed by atoms with Crippen LogP contribution >= 0.6 is 0 Å².